The van der Waals surface area contributed by atoms with Crippen LogP contribution >= 0.6 is 12.9 Å². The molecule has 0 aromatic carbocycles. The topological polar surface area (TPSA) is 24.5 Å². The zero-order valence-corrected chi connectivity index (χ0v) is 7.81. The molecule has 0 aromatic heterocycles. The van der Waals surface area contributed by atoms with E-state index in [1.807, 2.05) is 0 Å². The van der Waals surface area contributed by atoms with E-state index in [0.717, 1.165) is 32.7 Å². The van der Waals surface area contributed by atoms with Crippen LogP contribution in [0.25, 0.3) is 0 Å². The third-order valence-corrected chi connectivity index (χ3v) is 2.20. The third-order valence-electron chi connectivity index (χ3n) is 2.02. The van der Waals surface area contributed by atoms with Crippen molar-refractivity contribution in [2.24, 2.45) is 0 Å². The molecular formula is C7H16N2OS. The van der Waals surface area contributed by atoms with E-state index in [9.17, 15) is 0 Å². The van der Waals surface area contributed by atoms with Gasteiger partial charge in [-0.15, -0.1) is 0 Å². The molecule has 0 amide bonds. The fourth-order valence-electron chi connectivity index (χ4n) is 1.38. The average molecular weight is 176 g/mol. The molecule has 0 radical (unpaired) electrons. The molecule has 1 aliphatic rings. The minimum atomic E-state index is 0.584. The van der Waals surface area contributed by atoms with Gasteiger partial charge in [0.15, 0.2) is 0 Å². The lowest BCUT2D eigenvalue weighted by molar-refractivity contribution is 0.214. The van der Waals surface area contributed by atoms with Gasteiger partial charge in [0.05, 0.1) is 6.61 Å². The molecule has 0 saturated carbocycles. The Morgan fingerprint density at radius 1 is 1.73 bits per heavy atom. The number of nitrogens with zero attached hydrogens (tertiary/aromatic N) is 1. The van der Waals surface area contributed by atoms with Crippen LogP contribution in [0.3, 0.4) is 0 Å². The van der Waals surface area contributed by atoms with Gasteiger partial charge in [0, 0.05) is 25.7 Å². The number of rotatable bonds is 3. The van der Waals surface area contributed by atoms with Gasteiger partial charge in [-0.2, -0.15) is 0 Å². The van der Waals surface area contributed by atoms with Gasteiger partial charge in [-0.1, -0.05) is 0 Å². The second-order valence-corrected chi connectivity index (χ2v) is 3.29. The van der Waals surface area contributed by atoms with E-state index >= 15 is 0 Å². The normalized spacial score (nSPS) is 27.3. The monoisotopic (exact) mass is 176 g/mol. The fourth-order valence-corrected chi connectivity index (χ4v) is 1.49. The maximum Gasteiger partial charge on any atom is 0.0625 e. The summed E-state index contributed by atoms with van der Waals surface area (Å²) in [7, 11) is 2.15. The lowest BCUT2D eigenvalue weighted by atomic mass is 10.1. The maximum absolute atomic E-state index is 4.72. The Bertz CT molecular complexity index is 113. The van der Waals surface area contributed by atoms with Crippen LogP contribution in [0.4, 0.5) is 0 Å². The Kier molecular flexibility index (Phi) is 4.22. The SMILES string of the molecule is CN1CCNC(CCOS)C1. The Labute approximate surface area is 73.7 Å². The predicted molar refractivity (Wildman–Crippen MR) is 48.8 cm³/mol. The molecule has 1 unspecified atom stereocenters. The van der Waals surface area contributed by atoms with E-state index in [4.69, 9.17) is 4.18 Å². The summed E-state index contributed by atoms with van der Waals surface area (Å²) in [5.41, 5.74) is 0. The van der Waals surface area contributed by atoms with Gasteiger partial charge >= 0.3 is 0 Å². The van der Waals surface area contributed by atoms with Crippen molar-refractivity contribution >= 4 is 12.9 Å². The van der Waals surface area contributed by atoms with Crippen molar-refractivity contribution in [2.75, 3.05) is 33.3 Å². The summed E-state index contributed by atoms with van der Waals surface area (Å²) in [5, 5.41) is 3.43. The van der Waals surface area contributed by atoms with Crippen molar-refractivity contribution in [1.29, 1.82) is 0 Å². The minimum absolute atomic E-state index is 0.584. The van der Waals surface area contributed by atoms with Gasteiger partial charge in [0.1, 0.15) is 0 Å². The highest BCUT2D eigenvalue weighted by Crippen LogP contribution is 2.00. The zero-order chi connectivity index (χ0) is 8.10. The summed E-state index contributed by atoms with van der Waals surface area (Å²) in [4.78, 5) is 2.33. The molecule has 1 heterocycles. The number of thiol groups is 1. The van der Waals surface area contributed by atoms with Crippen LogP contribution in [0.5, 0.6) is 0 Å². The number of likely N-dealkylation sites (N-methyl/N-ethyl adjacent to an activating group) is 1. The van der Waals surface area contributed by atoms with E-state index in [-0.39, 0.29) is 0 Å². The molecule has 0 aromatic rings. The summed E-state index contributed by atoms with van der Waals surface area (Å²) in [5.74, 6) is 0. The number of piperazine rings is 1. The standard InChI is InChI=1S/C7H16N2OS/c1-9-4-3-8-7(6-9)2-5-10-11/h7-8,11H,2-6H2,1H3. The molecule has 1 N–H and O–H groups in total. The lowest BCUT2D eigenvalue weighted by Crippen LogP contribution is -2.49. The number of nitrogens with one attached hydrogen (secondary N) is 1. The van der Waals surface area contributed by atoms with Crippen LogP contribution in [0.1, 0.15) is 6.42 Å². The molecule has 66 valence electrons. The molecule has 0 aliphatic carbocycles. The predicted octanol–water partition coefficient (Wildman–Crippen LogP) is 0.141. The quantitative estimate of drug-likeness (QED) is 0.472. The van der Waals surface area contributed by atoms with Gasteiger partial charge in [-0.05, 0) is 26.4 Å². The second-order valence-electron chi connectivity index (χ2n) is 3.04. The molecule has 3 nitrogen and oxygen atoms in total. The maximum atomic E-state index is 4.72. The molecule has 4 heteroatoms. The molecular weight excluding hydrogens is 160 g/mol. The molecule has 1 rings (SSSR count). The molecule has 1 atom stereocenters. The Morgan fingerprint density at radius 2 is 2.55 bits per heavy atom. The fraction of sp³-hybridized carbons (Fsp3) is 1.00. The van der Waals surface area contributed by atoms with Crippen molar-refractivity contribution < 1.29 is 4.18 Å². The first kappa shape index (κ1) is 9.32. The average Bonchev–Trinajstić information content (AvgIpc) is 2.01. The van der Waals surface area contributed by atoms with Crippen molar-refractivity contribution in [3.05, 3.63) is 0 Å². The first-order valence-corrected chi connectivity index (χ1v) is 4.37. The van der Waals surface area contributed by atoms with Gasteiger partial charge in [0.2, 0.25) is 0 Å². The summed E-state index contributed by atoms with van der Waals surface area (Å²) < 4.78 is 4.72. The van der Waals surface area contributed by atoms with E-state index in [1.165, 1.54) is 0 Å². The van der Waals surface area contributed by atoms with Gasteiger partial charge < -0.3 is 14.4 Å². The van der Waals surface area contributed by atoms with Gasteiger partial charge in [-0.3, -0.25) is 0 Å². The molecule has 0 bridgehead atoms. The van der Waals surface area contributed by atoms with Crippen molar-refractivity contribution in [3.63, 3.8) is 0 Å². The summed E-state index contributed by atoms with van der Waals surface area (Å²) in [6.45, 7) is 4.09. The highest BCUT2D eigenvalue weighted by atomic mass is 32.1. The molecule has 11 heavy (non-hydrogen) atoms. The molecule has 1 aliphatic heterocycles. The van der Waals surface area contributed by atoms with Crippen LogP contribution in [0.2, 0.25) is 0 Å². The van der Waals surface area contributed by atoms with Gasteiger partial charge in [-0.25, -0.2) is 0 Å². The molecule has 0 spiro atoms. The zero-order valence-electron chi connectivity index (χ0n) is 6.92. The summed E-state index contributed by atoms with van der Waals surface area (Å²) >= 11 is 3.70. The van der Waals surface area contributed by atoms with Crippen molar-refractivity contribution in [1.82, 2.24) is 10.2 Å². The Balaban J connectivity index is 2.12. The molecule has 1 fully saturated rings. The smallest absolute Gasteiger partial charge is 0.0625 e. The van der Waals surface area contributed by atoms with Crippen LogP contribution in [0, 0.1) is 0 Å². The first-order chi connectivity index (χ1) is 5.33. The van der Waals surface area contributed by atoms with Crippen molar-refractivity contribution in [2.45, 2.75) is 12.5 Å². The Morgan fingerprint density at radius 3 is 3.18 bits per heavy atom. The van der Waals surface area contributed by atoms with Gasteiger partial charge in [0.25, 0.3) is 0 Å². The van der Waals surface area contributed by atoms with Crippen LogP contribution in [-0.4, -0.2) is 44.2 Å². The van der Waals surface area contributed by atoms with Crippen LogP contribution < -0.4 is 5.32 Å². The summed E-state index contributed by atoms with van der Waals surface area (Å²) in [6.07, 6.45) is 1.05. The minimum Gasteiger partial charge on any atom is -0.318 e. The molecule has 1 saturated heterocycles. The van der Waals surface area contributed by atoms with E-state index in [2.05, 4.69) is 30.2 Å². The number of hydrogen-bond donors (Lipinski definition) is 2. The number of hydrogen-bond acceptors (Lipinski definition) is 4. The largest absolute Gasteiger partial charge is 0.318 e. The van der Waals surface area contributed by atoms with Crippen LogP contribution in [0.15, 0.2) is 0 Å². The Hall–Kier alpha value is 0.230. The van der Waals surface area contributed by atoms with E-state index < -0.39 is 0 Å². The van der Waals surface area contributed by atoms with Crippen LogP contribution in [-0.2, 0) is 4.18 Å². The summed E-state index contributed by atoms with van der Waals surface area (Å²) in [6, 6.07) is 0.584. The highest BCUT2D eigenvalue weighted by molar-refractivity contribution is 7.75. The second kappa shape index (κ2) is 4.98. The van der Waals surface area contributed by atoms with E-state index in [1.54, 1.807) is 0 Å². The van der Waals surface area contributed by atoms with Crippen molar-refractivity contribution in [3.8, 4) is 0 Å². The highest BCUT2D eigenvalue weighted by Gasteiger charge is 2.15. The van der Waals surface area contributed by atoms with E-state index in [0.29, 0.717) is 6.04 Å². The third kappa shape index (κ3) is 3.42. The first-order valence-electron chi connectivity index (χ1n) is 4.01. The lowest BCUT2D eigenvalue weighted by Gasteiger charge is -2.30.